The number of aldehydes is 1. The van der Waals surface area contributed by atoms with Crippen LogP contribution >= 0.6 is 11.6 Å². The fourth-order valence-corrected chi connectivity index (χ4v) is 1.10. The molecule has 0 atom stereocenters. The van der Waals surface area contributed by atoms with Crippen molar-refractivity contribution in [3.8, 4) is 5.75 Å². The summed E-state index contributed by atoms with van der Waals surface area (Å²) in [5, 5.41) is -0.165. The summed E-state index contributed by atoms with van der Waals surface area (Å²) in [4.78, 5) is 10.4. The molecule has 0 aliphatic heterocycles. The van der Waals surface area contributed by atoms with E-state index in [1.54, 1.807) is 0 Å². The van der Waals surface area contributed by atoms with E-state index in [1.165, 1.54) is 13.2 Å². The molecule has 0 saturated heterocycles. The van der Waals surface area contributed by atoms with Gasteiger partial charge in [0.2, 0.25) is 0 Å². The molecule has 0 aliphatic carbocycles. The van der Waals surface area contributed by atoms with Gasteiger partial charge in [0, 0.05) is 0 Å². The first kappa shape index (κ1) is 9.00. The van der Waals surface area contributed by atoms with Crippen molar-refractivity contribution < 1.29 is 13.9 Å². The molecule has 1 aromatic carbocycles. The highest BCUT2D eigenvalue weighted by molar-refractivity contribution is 6.32. The van der Waals surface area contributed by atoms with Gasteiger partial charge < -0.3 is 4.74 Å². The van der Waals surface area contributed by atoms with E-state index in [2.05, 4.69) is 0 Å². The van der Waals surface area contributed by atoms with Gasteiger partial charge in [0.25, 0.3) is 0 Å². The maximum absolute atomic E-state index is 12.8. The second-order valence-corrected chi connectivity index (χ2v) is 2.48. The number of methoxy groups -OCH3 is 1. The molecule has 1 aromatic rings. The molecule has 0 heterocycles. The molecule has 64 valence electrons. The normalized spacial score (nSPS) is 9.58. The van der Waals surface area contributed by atoms with Crippen LogP contribution in [0.5, 0.6) is 5.75 Å². The predicted molar refractivity (Wildman–Crippen MR) is 43.3 cm³/mol. The smallest absolute Gasteiger partial charge is 0.153 e. The Labute approximate surface area is 73.9 Å². The third-order valence-electron chi connectivity index (χ3n) is 1.41. The van der Waals surface area contributed by atoms with Gasteiger partial charge >= 0.3 is 0 Å². The van der Waals surface area contributed by atoms with Crippen molar-refractivity contribution in [2.45, 2.75) is 0 Å². The van der Waals surface area contributed by atoms with E-state index in [1.807, 2.05) is 0 Å². The fourth-order valence-electron chi connectivity index (χ4n) is 0.847. The number of ether oxygens (including phenoxy) is 1. The van der Waals surface area contributed by atoms with Crippen molar-refractivity contribution in [2.75, 3.05) is 7.11 Å². The molecular weight excluding hydrogens is 183 g/mol. The van der Waals surface area contributed by atoms with Gasteiger partial charge in [-0.25, -0.2) is 4.39 Å². The molecule has 12 heavy (non-hydrogen) atoms. The number of hydrogen-bond acceptors (Lipinski definition) is 2. The number of hydrogen-bond donors (Lipinski definition) is 0. The highest BCUT2D eigenvalue weighted by Crippen LogP contribution is 2.29. The molecule has 2 nitrogen and oxygen atoms in total. The summed E-state index contributed by atoms with van der Waals surface area (Å²) in [7, 11) is 1.33. The Morgan fingerprint density at radius 3 is 2.75 bits per heavy atom. The van der Waals surface area contributed by atoms with Gasteiger partial charge in [-0.05, 0) is 12.1 Å². The monoisotopic (exact) mass is 188 g/mol. The number of benzene rings is 1. The molecule has 1 rings (SSSR count). The Morgan fingerprint density at radius 1 is 1.58 bits per heavy atom. The fraction of sp³-hybridized carbons (Fsp3) is 0.125. The van der Waals surface area contributed by atoms with Crippen molar-refractivity contribution in [1.29, 1.82) is 0 Å². The Balaban J connectivity index is 3.35. The van der Waals surface area contributed by atoms with Gasteiger partial charge in [-0.2, -0.15) is 0 Å². The third kappa shape index (κ3) is 1.41. The van der Waals surface area contributed by atoms with Crippen molar-refractivity contribution in [2.24, 2.45) is 0 Å². The Morgan fingerprint density at radius 2 is 2.25 bits per heavy atom. The highest BCUT2D eigenvalue weighted by atomic mass is 35.5. The first-order valence-corrected chi connectivity index (χ1v) is 3.55. The van der Waals surface area contributed by atoms with E-state index in [4.69, 9.17) is 16.3 Å². The lowest BCUT2D eigenvalue weighted by atomic mass is 10.2. The van der Waals surface area contributed by atoms with Crippen LogP contribution < -0.4 is 4.74 Å². The molecule has 0 aliphatic rings. The molecule has 0 fully saturated rings. The molecule has 0 unspecified atom stereocenters. The Bertz CT molecular complexity index is 312. The largest absolute Gasteiger partial charge is 0.494 e. The summed E-state index contributed by atoms with van der Waals surface area (Å²) in [6, 6.07) is 2.43. The summed E-state index contributed by atoms with van der Waals surface area (Å²) in [5.74, 6) is -0.522. The van der Waals surface area contributed by atoms with Gasteiger partial charge in [0.1, 0.15) is 10.8 Å². The van der Waals surface area contributed by atoms with Gasteiger partial charge in [-0.15, -0.1) is 0 Å². The van der Waals surface area contributed by atoms with E-state index in [0.29, 0.717) is 6.29 Å². The highest BCUT2D eigenvalue weighted by Gasteiger charge is 2.10. The van der Waals surface area contributed by atoms with E-state index in [0.717, 1.165) is 6.07 Å². The van der Waals surface area contributed by atoms with Crippen LogP contribution in [0.3, 0.4) is 0 Å². The van der Waals surface area contributed by atoms with Gasteiger partial charge in [-0.3, -0.25) is 4.79 Å². The molecule has 0 bridgehead atoms. The van der Waals surface area contributed by atoms with Crippen molar-refractivity contribution in [1.82, 2.24) is 0 Å². The number of rotatable bonds is 2. The van der Waals surface area contributed by atoms with Crippen LogP contribution in [-0.4, -0.2) is 13.4 Å². The van der Waals surface area contributed by atoms with Crippen LogP contribution in [0.4, 0.5) is 4.39 Å². The molecule has 0 saturated carbocycles. The van der Waals surface area contributed by atoms with Crippen molar-refractivity contribution >= 4 is 17.9 Å². The molecule has 4 heteroatoms. The second kappa shape index (κ2) is 3.54. The van der Waals surface area contributed by atoms with Crippen LogP contribution in [0.25, 0.3) is 0 Å². The van der Waals surface area contributed by atoms with Crippen molar-refractivity contribution in [3.05, 3.63) is 28.5 Å². The minimum Gasteiger partial charge on any atom is -0.494 e. The molecular formula is C8H6ClFO2. The topological polar surface area (TPSA) is 26.3 Å². The number of carbonyl (C=O) groups is 1. The molecule has 0 spiro atoms. The lowest BCUT2D eigenvalue weighted by Gasteiger charge is -2.05. The SMILES string of the molecule is COc1c(C=O)ccc(F)c1Cl. The van der Waals surface area contributed by atoms with Gasteiger partial charge in [0.05, 0.1) is 12.7 Å². The zero-order valence-electron chi connectivity index (χ0n) is 6.30. The molecule has 0 N–H and O–H groups in total. The summed E-state index contributed by atoms with van der Waals surface area (Å²) in [6.45, 7) is 0. The third-order valence-corrected chi connectivity index (χ3v) is 1.76. The van der Waals surface area contributed by atoms with Crippen LogP contribution in [0.2, 0.25) is 5.02 Å². The van der Waals surface area contributed by atoms with Crippen LogP contribution in [0.15, 0.2) is 12.1 Å². The first-order chi connectivity index (χ1) is 5.70. The van der Waals surface area contributed by atoms with Gasteiger partial charge in [0.15, 0.2) is 12.0 Å². The average molecular weight is 189 g/mol. The summed E-state index contributed by atoms with van der Waals surface area (Å²) in [5.41, 5.74) is 0.240. The van der Waals surface area contributed by atoms with Crippen LogP contribution in [0.1, 0.15) is 10.4 Å². The molecule has 0 radical (unpaired) electrons. The lowest BCUT2D eigenvalue weighted by Crippen LogP contribution is -1.93. The van der Waals surface area contributed by atoms with Gasteiger partial charge in [-0.1, -0.05) is 11.6 Å². The zero-order chi connectivity index (χ0) is 9.14. The van der Waals surface area contributed by atoms with E-state index in [-0.39, 0.29) is 16.3 Å². The quantitative estimate of drug-likeness (QED) is 0.666. The lowest BCUT2D eigenvalue weighted by molar-refractivity contribution is 0.112. The average Bonchev–Trinajstić information content (AvgIpc) is 2.09. The summed E-state index contributed by atoms with van der Waals surface area (Å²) in [6.07, 6.45) is 0.560. The maximum atomic E-state index is 12.8. The summed E-state index contributed by atoms with van der Waals surface area (Å²) < 4.78 is 17.5. The van der Waals surface area contributed by atoms with E-state index >= 15 is 0 Å². The minimum absolute atomic E-state index is 0.0756. The zero-order valence-corrected chi connectivity index (χ0v) is 7.06. The number of carbonyl (C=O) groups excluding carboxylic acids is 1. The van der Waals surface area contributed by atoms with E-state index < -0.39 is 5.82 Å². The minimum atomic E-state index is -0.598. The Kier molecular flexibility index (Phi) is 2.65. The second-order valence-electron chi connectivity index (χ2n) is 2.10. The van der Waals surface area contributed by atoms with Crippen LogP contribution in [0, 0.1) is 5.82 Å². The first-order valence-electron chi connectivity index (χ1n) is 3.18. The summed E-state index contributed by atoms with van der Waals surface area (Å²) >= 11 is 5.52. The standard InChI is InChI=1S/C8H6ClFO2/c1-12-8-5(4-11)2-3-6(10)7(8)9/h2-4H,1H3. The van der Waals surface area contributed by atoms with Crippen molar-refractivity contribution in [3.63, 3.8) is 0 Å². The Hall–Kier alpha value is -1.09. The molecule has 0 aromatic heterocycles. The number of halogens is 2. The van der Waals surface area contributed by atoms with E-state index in [9.17, 15) is 9.18 Å². The maximum Gasteiger partial charge on any atom is 0.153 e. The van der Waals surface area contributed by atoms with Crippen LogP contribution in [-0.2, 0) is 0 Å². The molecule has 0 amide bonds. The predicted octanol–water partition coefficient (Wildman–Crippen LogP) is 2.30.